The molecule has 14 heteroatoms. The molecule has 1 unspecified atom stereocenters. The van der Waals surface area contributed by atoms with E-state index in [9.17, 15) is 39.0 Å². The number of benzene rings is 1. The van der Waals surface area contributed by atoms with Gasteiger partial charge in [-0.05, 0) is 31.7 Å². The number of carbonyl (C=O) groups excluding carboxylic acids is 5. The number of carboxylic acid groups (broad SMARTS) is 1. The summed E-state index contributed by atoms with van der Waals surface area (Å²) in [4.78, 5) is 76.9. The van der Waals surface area contributed by atoms with E-state index >= 15 is 0 Å². The van der Waals surface area contributed by atoms with Crippen molar-refractivity contribution in [3.05, 3.63) is 47.2 Å². The number of rotatable bonds is 11. The van der Waals surface area contributed by atoms with Crippen LogP contribution in [0.2, 0.25) is 0 Å². The number of nitrogens with zero attached hydrogens (tertiary/aromatic N) is 1. The quantitative estimate of drug-likeness (QED) is 0.153. The van der Waals surface area contributed by atoms with Crippen LogP contribution in [0.25, 0.3) is 0 Å². The van der Waals surface area contributed by atoms with Crippen LogP contribution in [0.3, 0.4) is 0 Å². The van der Waals surface area contributed by atoms with Gasteiger partial charge in [0.15, 0.2) is 0 Å². The third-order valence-electron chi connectivity index (χ3n) is 7.36. The molecule has 0 saturated carbocycles. The maximum Gasteiger partial charge on any atom is 0.327 e. The monoisotopic (exact) mass is 601 g/mol. The minimum atomic E-state index is -1.17. The SMILES string of the molecule is CC(C)CC1NC(=O)C(C(=O)NCCC(=O)N[C@@H](C(=O)N[C@@H]2C(=O)N3[C@@H]2SC(C)(C)[C@@H]3C(=O)O)c2ccccc2)=C1O. The van der Waals surface area contributed by atoms with Gasteiger partial charge >= 0.3 is 5.97 Å². The molecule has 0 bridgehead atoms. The molecule has 0 spiro atoms. The number of carbonyl (C=O) groups is 6. The zero-order valence-corrected chi connectivity index (χ0v) is 24.5. The van der Waals surface area contributed by atoms with Crippen LogP contribution in [0.15, 0.2) is 41.7 Å². The molecular formula is C28H35N5O8S. The Morgan fingerprint density at radius 2 is 1.79 bits per heavy atom. The van der Waals surface area contributed by atoms with Crippen LogP contribution in [0.4, 0.5) is 0 Å². The third-order valence-corrected chi connectivity index (χ3v) is 8.94. The topological polar surface area (TPSA) is 194 Å². The standard InChI is InChI=1S/C28H35N5O8S/c1-13(2)12-15-20(35)17(23(37)30-15)22(36)29-11-10-16(34)31-18(14-8-6-5-7-9-14)24(38)32-19-25(39)33-21(27(40)41)28(3,4)42-26(19)33/h5-9,13,15,18-19,21,26,35H,10-12H2,1-4H3,(H,29,36)(H,30,37)(H,31,34)(H,32,38)(H,40,41)/t15?,18-,19-,21+,26-/m1/s1. The summed E-state index contributed by atoms with van der Waals surface area (Å²) in [5, 5.41) is 29.7. The minimum absolute atomic E-state index is 0.171. The number of nitrogens with one attached hydrogen (secondary N) is 4. The first-order chi connectivity index (χ1) is 19.7. The molecule has 13 nitrogen and oxygen atoms in total. The van der Waals surface area contributed by atoms with Gasteiger partial charge in [0.2, 0.25) is 17.7 Å². The van der Waals surface area contributed by atoms with Crippen molar-refractivity contribution < 1.29 is 39.0 Å². The lowest BCUT2D eigenvalue weighted by Crippen LogP contribution is -2.71. The van der Waals surface area contributed by atoms with Gasteiger partial charge in [0.1, 0.15) is 34.8 Å². The van der Waals surface area contributed by atoms with Gasteiger partial charge in [0, 0.05) is 17.7 Å². The van der Waals surface area contributed by atoms with E-state index in [1.807, 2.05) is 13.8 Å². The Bertz CT molecular complexity index is 1330. The van der Waals surface area contributed by atoms with Gasteiger partial charge in [-0.25, -0.2) is 4.79 Å². The van der Waals surface area contributed by atoms with Crippen LogP contribution in [0.5, 0.6) is 0 Å². The Labute approximate surface area is 246 Å². The highest BCUT2D eigenvalue weighted by atomic mass is 32.2. The van der Waals surface area contributed by atoms with Crippen molar-refractivity contribution in [1.29, 1.82) is 0 Å². The van der Waals surface area contributed by atoms with Crippen LogP contribution in [-0.4, -0.2) is 85.4 Å². The van der Waals surface area contributed by atoms with Gasteiger partial charge in [0.05, 0.1) is 6.04 Å². The van der Waals surface area contributed by atoms with Crippen LogP contribution in [-0.2, 0) is 28.8 Å². The highest BCUT2D eigenvalue weighted by Crippen LogP contribution is 2.50. The predicted octanol–water partition coefficient (Wildman–Crippen LogP) is 0.339. The van der Waals surface area contributed by atoms with E-state index in [0.717, 1.165) is 0 Å². The van der Waals surface area contributed by atoms with Gasteiger partial charge in [0.25, 0.3) is 11.8 Å². The summed E-state index contributed by atoms with van der Waals surface area (Å²) in [6, 6.07) is 4.58. The number of amides is 5. The lowest BCUT2D eigenvalue weighted by atomic mass is 9.95. The van der Waals surface area contributed by atoms with Gasteiger partial charge in [-0.2, -0.15) is 0 Å². The molecule has 0 aliphatic carbocycles. The number of thioether (sulfide) groups is 1. The van der Waals surface area contributed by atoms with Crippen molar-refractivity contribution in [2.75, 3.05) is 6.54 Å². The molecular weight excluding hydrogens is 566 g/mol. The van der Waals surface area contributed by atoms with E-state index in [-0.39, 0.29) is 30.2 Å². The van der Waals surface area contributed by atoms with Crippen molar-refractivity contribution in [3.8, 4) is 0 Å². The van der Waals surface area contributed by atoms with Gasteiger partial charge in [-0.1, -0.05) is 44.2 Å². The molecule has 226 valence electrons. The Kier molecular flexibility index (Phi) is 8.85. The number of hydrogen-bond donors (Lipinski definition) is 6. The molecule has 2 saturated heterocycles. The predicted molar refractivity (Wildman–Crippen MR) is 152 cm³/mol. The molecule has 4 rings (SSSR count). The van der Waals surface area contributed by atoms with Crippen LogP contribution >= 0.6 is 11.8 Å². The number of aliphatic hydroxyl groups is 1. The first kappa shape index (κ1) is 30.9. The Balaban J connectivity index is 1.37. The minimum Gasteiger partial charge on any atom is -0.509 e. The van der Waals surface area contributed by atoms with E-state index in [4.69, 9.17) is 0 Å². The zero-order valence-electron chi connectivity index (χ0n) is 23.7. The molecule has 0 radical (unpaired) electrons. The van der Waals surface area contributed by atoms with E-state index in [1.165, 1.54) is 16.7 Å². The lowest BCUT2D eigenvalue weighted by molar-refractivity contribution is -0.161. The summed E-state index contributed by atoms with van der Waals surface area (Å²) < 4.78 is -0.759. The van der Waals surface area contributed by atoms with Crippen molar-refractivity contribution in [3.63, 3.8) is 0 Å². The summed E-state index contributed by atoms with van der Waals surface area (Å²) in [6.07, 6.45) is 0.220. The molecule has 3 heterocycles. The van der Waals surface area contributed by atoms with Crippen LogP contribution in [0.1, 0.15) is 52.1 Å². The fourth-order valence-electron chi connectivity index (χ4n) is 5.39. The number of fused-ring (bicyclic) bond motifs is 1. The molecule has 5 amide bonds. The third kappa shape index (κ3) is 6.08. The molecule has 1 aromatic carbocycles. The normalized spacial score (nSPS) is 24.9. The molecule has 2 fully saturated rings. The van der Waals surface area contributed by atoms with Crippen molar-refractivity contribution in [1.82, 2.24) is 26.2 Å². The molecule has 5 atom stereocenters. The van der Waals surface area contributed by atoms with Crippen molar-refractivity contribution >= 4 is 47.3 Å². The average molecular weight is 602 g/mol. The Morgan fingerprint density at radius 3 is 2.40 bits per heavy atom. The highest BCUT2D eigenvalue weighted by molar-refractivity contribution is 8.01. The number of carboxylic acids is 1. The second-order valence-corrected chi connectivity index (χ2v) is 13.2. The number of β-lactam (4-membered cyclic amide) rings is 1. The molecule has 3 aliphatic rings. The zero-order chi connectivity index (χ0) is 30.9. The Morgan fingerprint density at radius 1 is 1.12 bits per heavy atom. The van der Waals surface area contributed by atoms with Gasteiger partial charge in [-0.15, -0.1) is 11.8 Å². The van der Waals surface area contributed by atoms with E-state index in [1.54, 1.807) is 44.2 Å². The smallest absolute Gasteiger partial charge is 0.327 e. The number of aliphatic hydroxyl groups excluding tert-OH is 1. The maximum absolute atomic E-state index is 13.4. The van der Waals surface area contributed by atoms with Crippen molar-refractivity contribution in [2.45, 2.75) is 74.8 Å². The van der Waals surface area contributed by atoms with Gasteiger partial charge in [-0.3, -0.25) is 24.0 Å². The largest absolute Gasteiger partial charge is 0.509 e. The van der Waals surface area contributed by atoms with Gasteiger partial charge < -0.3 is 36.4 Å². The second kappa shape index (κ2) is 12.0. The first-order valence-corrected chi connectivity index (χ1v) is 14.5. The molecule has 3 aliphatic heterocycles. The fourth-order valence-corrected chi connectivity index (χ4v) is 7.01. The van der Waals surface area contributed by atoms with E-state index in [2.05, 4.69) is 21.3 Å². The molecule has 0 aromatic heterocycles. The lowest BCUT2D eigenvalue weighted by Gasteiger charge is -2.44. The summed E-state index contributed by atoms with van der Waals surface area (Å²) in [5.41, 5.74) is 0.0626. The van der Waals surface area contributed by atoms with Crippen LogP contribution in [0, 0.1) is 5.92 Å². The second-order valence-electron chi connectivity index (χ2n) is 11.4. The molecule has 42 heavy (non-hydrogen) atoms. The molecule has 6 N–H and O–H groups in total. The maximum atomic E-state index is 13.4. The average Bonchev–Trinajstić information content (AvgIpc) is 3.34. The fraction of sp³-hybridized carbons (Fsp3) is 0.500. The van der Waals surface area contributed by atoms with E-state index in [0.29, 0.717) is 12.0 Å². The first-order valence-electron chi connectivity index (χ1n) is 13.6. The van der Waals surface area contributed by atoms with Crippen molar-refractivity contribution in [2.24, 2.45) is 5.92 Å². The summed E-state index contributed by atoms with van der Waals surface area (Å²) in [6.45, 7) is 7.12. The highest BCUT2D eigenvalue weighted by Gasteiger charge is 2.64. The Hall–Kier alpha value is -4.07. The summed E-state index contributed by atoms with van der Waals surface area (Å²) in [7, 11) is 0. The summed E-state index contributed by atoms with van der Waals surface area (Å²) >= 11 is 1.29. The summed E-state index contributed by atoms with van der Waals surface area (Å²) in [5.74, 6) is -4.54. The van der Waals surface area contributed by atoms with E-state index < -0.39 is 69.8 Å². The van der Waals surface area contributed by atoms with Crippen LogP contribution < -0.4 is 21.3 Å². The molecule has 1 aromatic rings. The number of aliphatic carboxylic acids is 1. The number of hydrogen-bond acceptors (Lipinski definition) is 8.